The summed E-state index contributed by atoms with van der Waals surface area (Å²) >= 11 is 0. The maximum atomic E-state index is 13.2. The van der Waals surface area contributed by atoms with Crippen LogP contribution in [0.15, 0.2) is 18.2 Å². The van der Waals surface area contributed by atoms with Crippen LogP contribution in [0.2, 0.25) is 0 Å². The zero-order chi connectivity index (χ0) is 13.1. The molecule has 18 heavy (non-hydrogen) atoms. The van der Waals surface area contributed by atoms with Crippen molar-refractivity contribution in [2.45, 2.75) is 25.3 Å². The molecule has 0 bridgehead atoms. The van der Waals surface area contributed by atoms with Crippen molar-refractivity contribution in [2.75, 3.05) is 11.9 Å². The van der Waals surface area contributed by atoms with Gasteiger partial charge in [0.15, 0.2) is 0 Å². The second kappa shape index (κ2) is 5.30. The van der Waals surface area contributed by atoms with Crippen molar-refractivity contribution in [1.82, 2.24) is 0 Å². The van der Waals surface area contributed by atoms with Crippen molar-refractivity contribution in [3.05, 3.63) is 34.1 Å². The number of hydrogen-bond donors (Lipinski definition) is 2. The van der Waals surface area contributed by atoms with E-state index >= 15 is 0 Å². The molecule has 0 heterocycles. The topological polar surface area (TPSA) is 75.4 Å². The fourth-order valence-electron chi connectivity index (χ4n) is 2.43. The van der Waals surface area contributed by atoms with Gasteiger partial charge in [-0.2, -0.15) is 0 Å². The lowest BCUT2D eigenvalue weighted by atomic mass is 10.0. The van der Waals surface area contributed by atoms with E-state index in [4.69, 9.17) is 0 Å². The van der Waals surface area contributed by atoms with Gasteiger partial charge in [0.1, 0.15) is 11.5 Å². The SMILES string of the molecule is O=[N+]([O-])c1ccc(F)cc1NC1CCCC1CO. The minimum Gasteiger partial charge on any atom is -0.396 e. The highest BCUT2D eigenvalue weighted by Gasteiger charge is 2.28. The molecule has 1 aromatic rings. The van der Waals surface area contributed by atoms with Crippen LogP contribution in [0.5, 0.6) is 0 Å². The Balaban J connectivity index is 2.22. The molecule has 0 saturated heterocycles. The lowest BCUT2D eigenvalue weighted by Crippen LogP contribution is -2.26. The van der Waals surface area contributed by atoms with Gasteiger partial charge in [-0.3, -0.25) is 10.1 Å². The number of benzene rings is 1. The Hall–Kier alpha value is -1.69. The molecule has 0 spiro atoms. The molecule has 98 valence electrons. The third-order valence-corrected chi connectivity index (χ3v) is 3.39. The quantitative estimate of drug-likeness (QED) is 0.638. The Morgan fingerprint density at radius 2 is 2.28 bits per heavy atom. The monoisotopic (exact) mass is 254 g/mol. The second-order valence-corrected chi connectivity index (χ2v) is 4.54. The first kappa shape index (κ1) is 12.8. The summed E-state index contributed by atoms with van der Waals surface area (Å²) in [5.41, 5.74) is 0.0466. The molecule has 2 N–H and O–H groups in total. The van der Waals surface area contributed by atoms with Crippen LogP contribution in [0.4, 0.5) is 15.8 Å². The average Bonchev–Trinajstić information content (AvgIpc) is 2.76. The highest BCUT2D eigenvalue weighted by atomic mass is 19.1. The molecule has 6 heteroatoms. The van der Waals surface area contributed by atoms with Crippen LogP contribution in [-0.4, -0.2) is 22.7 Å². The van der Waals surface area contributed by atoms with E-state index in [-0.39, 0.29) is 29.9 Å². The number of anilines is 1. The van der Waals surface area contributed by atoms with Gasteiger partial charge in [-0.25, -0.2) is 4.39 Å². The van der Waals surface area contributed by atoms with E-state index in [2.05, 4.69) is 5.32 Å². The smallest absolute Gasteiger partial charge is 0.292 e. The Kier molecular flexibility index (Phi) is 3.76. The van der Waals surface area contributed by atoms with Crippen molar-refractivity contribution in [3.63, 3.8) is 0 Å². The number of nitrogens with one attached hydrogen (secondary N) is 1. The zero-order valence-electron chi connectivity index (χ0n) is 9.80. The largest absolute Gasteiger partial charge is 0.396 e. The number of aliphatic hydroxyl groups excluding tert-OH is 1. The van der Waals surface area contributed by atoms with Crippen molar-refractivity contribution in [3.8, 4) is 0 Å². The molecule has 0 aromatic heterocycles. The lowest BCUT2D eigenvalue weighted by molar-refractivity contribution is -0.384. The van der Waals surface area contributed by atoms with Gasteiger partial charge >= 0.3 is 0 Å². The molecule has 1 aromatic carbocycles. The lowest BCUT2D eigenvalue weighted by Gasteiger charge is -2.20. The molecule has 2 atom stereocenters. The van der Waals surface area contributed by atoms with Crippen LogP contribution in [0.25, 0.3) is 0 Å². The van der Waals surface area contributed by atoms with E-state index in [1.807, 2.05) is 0 Å². The number of halogens is 1. The molecule has 0 aliphatic heterocycles. The van der Waals surface area contributed by atoms with Crippen LogP contribution in [-0.2, 0) is 0 Å². The molecule has 0 radical (unpaired) electrons. The number of aliphatic hydroxyl groups is 1. The maximum Gasteiger partial charge on any atom is 0.292 e. The predicted octanol–water partition coefficient (Wildman–Crippen LogP) is 2.31. The first-order chi connectivity index (χ1) is 8.61. The Labute approximate surface area is 104 Å². The Morgan fingerprint density at radius 3 is 2.94 bits per heavy atom. The number of rotatable bonds is 4. The molecule has 5 nitrogen and oxygen atoms in total. The van der Waals surface area contributed by atoms with E-state index in [0.29, 0.717) is 0 Å². The average molecular weight is 254 g/mol. The van der Waals surface area contributed by atoms with E-state index in [9.17, 15) is 19.6 Å². The number of nitro benzene ring substituents is 1. The van der Waals surface area contributed by atoms with Crippen LogP contribution < -0.4 is 5.32 Å². The summed E-state index contributed by atoms with van der Waals surface area (Å²) in [6.45, 7) is 0.0424. The highest BCUT2D eigenvalue weighted by molar-refractivity contribution is 5.62. The summed E-state index contributed by atoms with van der Waals surface area (Å²) in [6.07, 6.45) is 2.68. The van der Waals surface area contributed by atoms with Crippen LogP contribution in [0.1, 0.15) is 19.3 Å². The molecular weight excluding hydrogens is 239 g/mol. The molecule has 1 fully saturated rings. The van der Waals surface area contributed by atoms with Gasteiger partial charge in [0.2, 0.25) is 0 Å². The van der Waals surface area contributed by atoms with Crippen molar-refractivity contribution in [1.29, 1.82) is 0 Å². The number of nitro groups is 1. The summed E-state index contributed by atoms with van der Waals surface area (Å²) in [5.74, 6) is -0.436. The molecule has 2 unspecified atom stereocenters. The van der Waals surface area contributed by atoms with Gasteiger partial charge in [-0.05, 0) is 18.9 Å². The zero-order valence-corrected chi connectivity index (χ0v) is 9.80. The molecule has 1 aliphatic carbocycles. The Morgan fingerprint density at radius 1 is 1.50 bits per heavy atom. The van der Waals surface area contributed by atoms with Crippen LogP contribution in [0.3, 0.4) is 0 Å². The van der Waals surface area contributed by atoms with E-state index < -0.39 is 10.7 Å². The predicted molar refractivity (Wildman–Crippen MR) is 64.9 cm³/mol. The fourth-order valence-corrected chi connectivity index (χ4v) is 2.43. The summed E-state index contributed by atoms with van der Waals surface area (Å²) in [5, 5.41) is 23.0. The van der Waals surface area contributed by atoms with Crippen LogP contribution >= 0.6 is 0 Å². The minimum absolute atomic E-state index is 0.0319. The normalized spacial score (nSPS) is 23.0. The maximum absolute atomic E-state index is 13.2. The van der Waals surface area contributed by atoms with E-state index in [1.165, 1.54) is 0 Å². The van der Waals surface area contributed by atoms with E-state index in [0.717, 1.165) is 37.5 Å². The van der Waals surface area contributed by atoms with Gasteiger partial charge in [-0.1, -0.05) is 6.42 Å². The molecule has 1 saturated carbocycles. The van der Waals surface area contributed by atoms with Crippen molar-refractivity contribution >= 4 is 11.4 Å². The third-order valence-electron chi connectivity index (χ3n) is 3.39. The minimum atomic E-state index is -0.537. The van der Waals surface area contributed by atoms with Gasteiger partial charge in [0.25, 0.3) is 5.69 Å². The molecular formula is C12H15FN2O3. The summed E-state index contributed by atoms with van der Waals surface area (Å²) in [7, 11) is 0. The van der Waals surface area contributed by atoms with Gasteiger partial charge in [-0.15, -0.1) is 0 Å². The van der Waals surface area contributed by atoms with Crippen LogP contribution in [0, 0.1) is 21.8 Å². The fraction of sp³-hybridized carbons (Fsp3) is 0.500. The van der Waals surface area contributed by atoms with Crippen molar-refractivity contribution in [2.24, 2.45) is 5.92 Å². The highest BCUT2D eigenvalue weighted by Crippen LogP contribution is 2.32. The van der Waals surface area contributed by atoms with E-state index in [1.54, 1.807) is 0 Å². The first-order valence-electron chi connectivity index (χ1n) is 5.93. The molecule has 2 rings (SSSR count). The second-order valence-electron chi connectivity index (χ2n) is 4.54. The van der Waals surface area contributed by atoms with Gasteiger partial charge in [0, 0.05) is 30.7 Å². The van der Waals surface area contributed by atoms with Crippen molar-refractivity contribution < 1.29 is 14.4 Å². The number of hydrogen-bond acceptors (Lipinski definition) is 4. The Bertz CT molecular complexity index is 453. The summed E-state index contributed by atoms with van der Waals surface area (Å²) in [4.78, 5) is 10.3. The van der Waals surface area contributed by atoms with Gasteiger partial charge in [0.05, 0.1) is 4.92 Å². The number of nitrogens with zero attached hydrogens (tertiary/aromatic N) is 1. The summed E-state index contributed by atoms with van der Waals surface area (Å²) < 4.78 is 13.2. The molecule has 0 amide bonds. The molecule has 1 aliphatic rings. The first-order valence-corrected chi connectivity index (χ1v) is 5.93. The van der Waals surface area contributed by atoms with Gasteiger partial charge < -0.3 is 10.4 Å². The summed E-state index contributed by atoms with van der Waals surface area (Å²) in [6, 6.07) is 3.32. The standard InChI is InChI=1S/C12H15FN2O3/c13-9-4-5-12(15(17)18)11(6-9)14-10-3-1-2-8(10)7-16/h4-6,8,10,14,16H,1-3,7H2. The third kappa shape index (κ3) is 2.59.